The molecule has 0 spiro atoms. The summed E-state index contributed by atoms with van der Waals surface area (Å²) in [6.07, 6.45) is 2.93. The molecule has 100 valence electrons. The topological polar surface area (TPSA) is 43.7 Å². The Bertz CT molecular complexity index is 359. The van der Waals surface area contributed by atoms with Crippen molar-refractivity contribution >= 4 is 5.69 Å². The van der Waals surface area contributed by atoms with E-state index in [1.54, 1.807) is 6.92 Å². The number of aliphatic hydroxyl groups excluding tert-OH is 2. The lowest BCUT2D eigenvalue weighted by atomic mass is 9.94. The molecule has 0 aliphatic carbocycles. The van der Waals surface area contributed by atoms with Crippen molar-refractivity contribution in [3.63, 3.8) is 0 Å². The van der Waals surface area contributed by atoms with Gasteiger partial charge in [-0.05, 0) is 49.8 Å². The van der Waals surface area contributed by atoms with Crippen molar-refractivity contribution in [1.82, 2.24) is 0 Å². The summed E-state index contributed by atoms with van der Waals surface area (Å²) < 4.78 is 0. The molecular weight excluding hydrogens is 226 g/mol. The number of benzene rings is 1. The maximum Gasteiger partial charge on any atom is 0.0761 e. The maximum absolute atomic E-state index is 9.50. The maximum atomic E-state index is 9.50. The van der Waals surface area contributed by atoms with Gasteiger partial charge in [-0.25, -0.2) is 0 Å². The Balaban J connectivity index is 2.02. The number of anilines is 1. The van der Waals surface area contributed by atoms with Crippen molar-refractivity contribution in [3.05, 3.63) is 29.8 Å². The van der Waals surface area contributed by atoms with Gasteiger partial charge >= 0.3 is 0 Å². The van der Waals surface area contributed by atoms with Crippen LogP contribution in [0.5, 0.6) is 0 Å². The van der Waals surface area contributed by atoms with Gasteiger partial charge in [0, 0.05) is 25.4 Å². The van der Waals surface area contributed by atoms with E-state index in [1.807, 2.05) is 12.1 Å². The van der Waals surface area contributed by atoms with Crippen LogP contribution in [0.4, 0.5) is 5.69 Å². The first-order valence-electron chi connectivity index (χ1n) is 6.84. The fourth-order valence-electron chi connectivity index (χ4n) is 2.68. The van der Waals surface area contributed by atoms with E-state index >= 15 is 0 Å². The predicted octanol–water partition coefficient (Wildman–Crippen LogP) is 2.34. The number of rotatable bonds is 4. The molecule has 0 bridgehead atoms. The van der Waals surface area contributed by atoms with Gasteiger partial charge < -0.3 is 15.1 Å². The van der Waals surface area contributed by atoms with Crippen molar-refractivity contribution in [2.75, 3.05) is 24.6 Å². The molecule has 1 aliphatic rings. The zero-order chi connectivity index (χ0) is 13.0. The average molecular weight is 249 g/mol. The average Bonchev–Trinajstić information content (AvgIpc) is 2.39. The van der Waals surface area contributed by atoms with Gasteiger partial charge in [0.15, 0.2) is 0 Å². The summed E-state index contributed by atoms with van der Waals surface area (Å²) in [6, 6.07) is 8.16. The molecule has 1 aromatic carbocycles. The van der Waals surface area contributed by atoms with E-state index in [0.29, 0.717) is 12.5 Å². The fraction of sp³-hybridized carbons (Fsp3) is 0.600. The second-order valence-corrected chi connectivity index (χ2v) is 5.23. The number of hydrogen-bond acceptors (Lipinski definition) is 3. The lowest BCUT2D eigenvalue weighted by molar-refractivity contribution is 0.199. The number of hydrogen-bond donors (Lipinski definition) is 2. The van der Waals surface area contributed by atoms with Gasteiger partial charge in [0.2, 0.25) is 0 Å². The Hall–Kier alpha value is -1.06. The normalized spacial score (nSPS) is 21.9. The smallest absolute Gasteiger partial charge is 0.0761 e. The molecule has 1 saturated heterocycles. The number of aliphatic hydroxyl groups is 2. The van der Waals surface area contributed by atoms with E-state index in [9.17, 15) is 5.11 Å². The summed E-state index contributed by atoms with van der Waals surface area (Å²) in [5, 5.41) is 18.5. The van der Waals surface area contributed by atoms with E-state index in [-0.39, 0.29) is 0 Å². The molecule has 1 fully saturated rings. The Morgan fingerprint density at radius 3 is 2.67 bits per heavy atom. The van der Waals surface area contributed by atoms with Crippen LogP contribution in [0.2, 0.25) is 0 Å². The third-order valence-electron chi connectivity index (χ3n) is 3.80. The molecule has 0 amide bonds. The van der Waals surface area contributed by atoms with Crippen molar-refractivity contribution in [2.24, 2.45) is 5.92 Å². The quantitative estimate of drug-likeness (QED) is 0.861. The van der Waals surface area contributed by atoms with Crippen LogP contribution in [0.3, 0.4) is 0 Å². The number of piperidine rings is 1. The molecule has 0 saturated carbocycles. The second kappa shape index (κ2) is 6.21. The number of nitrogens with zero attached hydrogens (tertiary/aromatic N) is 1. The van der Waals surface area contributed by atoms with Crippen LogP contribution < -0.4 is 4.90 Å². The molecule has 1 aliphatic heterocycles. The second-order valence-electron chi connectivity index (χ2n) is 5.23. The van der Waals surface area contributed by atoms with Gasteiger partial charge in [0.1, 0.15) is 0 Å². The first-order chi connectivity index (χ1) is 8.70. The first-order valence-corrected chi connectivity index (χ1v) is 6.84. The summed E-state index contributed by atoms with van der Waals surface area (Å²) in [6.45, 7) is 4.21. The zero-order valence-corrected chi connectivity index (χ0v) is 11.0. The molecule has 3 nitrogen and oxygen atoms in total. The van der Waals surface area contributed by atoms with Crippen LogP contribution in [-0.4, -0.2) is 29.9 Å². The minimum absolute atomic E-state index is 0.291. The van der Waals surface area contributed by atoms with Gasteiger partial charge in [0.05, 0.1) is 6.10 Å². The summed E-state index contributed by atoms with van der Waals surface area (Å²) >= 11 is 0. The van der Waals surface area contributed by atoms with Gasteiger partial charge in [-0.3, -0.25) is 0 Å². The molecule has 2 atom stereocenters. The Morgan fingerprint density at radius 1 is 1.33 bits per heavy atom. The molecule has 3 heteroatoms. The van der Waals surface area contributed by atoms with Gasteiger partial charge in [-0.15, -0.1) is 0 Å². The van der Waals surface area contributed by atoms with E-state index in [4.69, 9.17) is 5.11 Å². The molecule has 18 heavy (non-hydrogen) atoms. The van der Waals surface area contributed by atoms with Crippen molar-refractivity contribution in [1.29, 1.82) is 0 Å². The van der Waals surface area contributed by atoms with E-state index in [1.165, 1.54) is 18.5 Å². The molecule has 1 heterocycles. The van der Waals surface area contributed by atoms with Gasteiger partial charge in [-0.1, -0.05) is 12.1 Å². The van der Waals surface area contributed by atoms with Crippen molar-refractivity contribution in [3.8, 4) is 0 Å². The molecule has 2 unspecified atom stereocenters. The van der Waals surface area contributed by atoms with Crippen LogP contribution in [-0.2, 0) is 0 Å². The lowest BCUT2D eigenvalue weighted by Crippen LogP contribution is -2.35. The first kappa shape index (κ1) is 13.4. The van der Waals surface area contributed by atoms with Gasteiger partial charge in [0.25, 0.3) is 0 Å². The predicted molar refractivity (Wildman–Crippen MR) is 73.7 cm³/mol. The minimum Gasteiger partial charge on any atom is -0.396 e. The molecule has 2 N–H and O–H groups in total. The third-order valence-corrected chi connectivity index (χ3v) is 3.80. The van der Waals surface area contributed by atoms with Crippen LogP contribution >= 0.6 is 0 Å². The lowest BCUT2D eigenvalue weighted by Gasteiger charge is -2.34. The summed E-state index contributed by atoms with van der Waals surface area (Å²) in [5.74, 6) is 0.611. The molecule has 2 rings (SSSR count). The van der Waals surface area contributed by atoms with Gasteiger partial charge in [-0.2, -0.15) is 0 Å². The zero-order valence-electron chi connectivity index (χ0n) is 11.0. The van der Waals surface area contributed by atoms with Crippen LogP contribution in [0.15, 0.2) is 24.3 Å². The van der Waals surface area contributed by atoms with Crippen LogP contribution in [0.1, 0.15) is 37.9 Å². The molecule has 0 radical (unpaired) electrons. The standard InChI is InChI=1S/C15H23NO2/c1-12(18)14-4-6-15(7-5-14)16-9-2-3-13(11-16)8-10-17/h4-7,12-13,17-18H,2-3,8-11H2,1H3. The summed E-state index contributed by atoms with van der Waals surface area (Å²) in [5.41, 5.74) is 2.18. The minimum atomic E-state index is -0.400. The van der Waals surface area contributed by atoms with E-state index in [0.717, 1.165) is 25.1 Å². The highest BCUT2D eigenvalue weighted by Crippen LogP contribution is 2.26. The third kappa shape index (κ3) is 3.24. The molecular formula is C15H23NO2. The summed E-state index contributed by atoms with van der Waals surface area (Å²) in [4.78, 5) is 2.38. The highest BCUT2D eigenvalue weighted by Gasteiger charge is 2.19. The molecule has 0 aromatic heterocycles. The van der Waals surface area contributed by atoms with Crippen molar-refractivity contribution < 1.29 is 10.2 Å². The monoisotopic (exact) mass is 249 g/mol. The summed E-state index contributed by atoms with van der Waals surface area (Å²) in [7, 11) is 0. The van der Waals surface area contributed by atoms with E-state index in [2.05, 4.69) is 17.0 Å². The Morgan fingerprint density at radius 2 is 2.06 bits per heavy atom. The molecule has 1 aromatic rings. The van der Waals surface area contributed by atoms with Crippen LogP contribution in [0.25, 0.3) is 0 Å². The Labute approximate surface area is 109 Å². The highest BCUT2D eigenvalue weighted by molar-refractivity contribution is 5.48. The Kier molecular flexibility index (Phi) is 4.61. The SMILES string of the molecule is CC(O)c1ccc(N2CCCC(CCO)C2)cc1. The largest absolute Gasteiger partial charge is 0.396 e. The highest BCUT2D eigenvalue weighted by atomic mass is 16.3. The van der Waals surface area contributed by atoms with E-state index < -0.39 is 6.10 Å². The van der Waals surface area contributed by atoms with Crippen molar-refractivity contribution in [2.45, 2.75) is 32.3 Å². The van der Waals surface area contributed by atoms with Crippen LogP contribution in [0, 0.1) is 5.92 Å². The fourth-order valence-corrected chi connectivity index (χ4v) is 2.68.